The van der Waals surface area contributed by atoms with Crippen molar-refractivity contribution < 1.29 is 0 Å². The molecule has 1 saturated heterocycles. The first-order valence-corrected chi connectivity index (χ1v) is 10.5. The van der Waals surface area contributed by atoms with E-state index in [9.17, 15) is 0 Å². The molecule has 28 heavy (non-hydrogen) atoms. The lowest BCUT2D eigenvalue weighted by Gasteiger charge is -2.31. The molecule has 2 aromatic rings. The van der Waals surface area contributed by atoms with E-state index in [1.807, 2.05) is 24.4 Å². The summed E-state index contributed by atoms with van der Waals surface area (Å²) >= 11 is 0. The van der Waals surface area contributed by atoms with Gasteiger partial charge in [-0.15, -0.1) is 0 Å². The molecule has 0 aliphatic carbocycles. The summed E-state index contributed by atoms with van der Waals surface area (Å²) in [4.78, 5) is 11.8. The number of nitrogens with one attached hydrogen (secondary N) is 2. The Kier molecular flexibility index (Phi) is 7.85. The molecule has 1 fully saturated rings. The fourth-order valence-electron chi connectivity index (χ4n) is 3.72. The van der Waals surface area contributed by atoms with E-state index in [-0.39, 0.29) is 0 Å². The van der Waals surface area contributed by atoms with Crippen LogP contribution in [0, 0.1) is 5.92 Å². The van der Waals surface area contributed by atoms with Crippen LogP contribution in [0.15, 0.2) is 53.7 Å². The number of rotatable bonds is 7. The molecule has 1 aromatic carbocycles. The molecule has 1 atom stereocenters. The average molecular weight is 380 g/mol. The van der Waals surface area contributed by atoms with Crippen LogP contribution < -0.4 is 10.6 Å². The zero-order valence-corrected chi connectivity index (χ0v) is 17.2. The van der Waals surface area contributed by atoms with E-state index in [1.54, 1.807) is 0 Å². The second-order valence-electron chi connectivity index (χ2n) is 7.62. The summed E-state index contributed by atoms with van der Waals surface area (Å²) in [5.74, 6) is 1.63. The van der Waals surface area contributed by atoms with E-state index < -0.39 is 0 Å². The Morgan fingerprint density at radius 3 is 2.71 bits per heavy atom. The Hall–Kier alpha value is -2.40. The van der Waals surface area contributed by atoms with Crippen LogP contribution in [0.5, 0.6) is 0 Å². The molecule has 0 amide bonds. The maximum Gasteiger partial charge on any atom is 0.191 e. The maximum absolute atomic E-state index is 4.82. The van der Waals surface area contributed by atoms with Gasteiger partial charge in [-0.25, -0.2) is 4.99 Å². The van der Waals surface area contributed by atoms with Crippen molar-refractivity contribution in [1.82, 2.24) is 20.5 Å². The topological polar surface area (TPSA) is 52.6 Å². The fourth-order valence-corrected chi connectivity index (χ4v) is 3.72. The number of likely N-dealkylation sites (tertiary alicyclic amines) is 1. The summed E-state index contributed by atoms with van der Waals surface area (Å²) in [6, 6.07) is 14.7. The Morgan fingerprint density at radius 1 is 1.14 bits per heavy atom. The van der Waals surface area contributed by atoms with Gasteiger partial charge >= 0.3 is 0 Å². The average Bonchev–Trinajstić information content (AvgIpc) is 2.72. The van der Waals surface area contributed by atoms with E-state index in [4.69, 9.17) is 4.99 Å². The highest BCUT2D eigenvalue weighted by Crippen LogP contribution is 2.20. The van der Waals surface area contributed by atoms with Crippen molar-refractivity contribution in [3.8, 4) is 0 Å². The molecule has 1 aliphatic rings. The molecule has 2 heterocycles. The monoisotopic (exact) mass is 379 g/mol. The highest BCUT2D eigenvalue weighted by atomic mass is 15.2. The van der Waals surface area contributed by atoms with Gasteiger partial charge in [0.2, 0.25) is 0 Å². The highest BCUT2D eigenvalue weighted by molar-refractivity contribution is 5.79. The van der Waals surface area contributed by atoms with Crippen molar-refractivity contribution in [3.63, 3.8) is 0 Å². The Balaban J connectivity index is 1.63. The van der Waals surface area contributed by atoms with Gasteiger partial charge in [0, 0.05) is 25.8 Å². The predicted molar refractivity (Wildman–Crippen MR) is 116 cm³/mol. The first-order chi connectivity index (χ1) is 13.7. The van der Waals surface area contributed by atoms with Crippen molar-refractivity contribution in [1.29, 1.82) is 0 Å². The second kappa shape index (κ2) is 10.8. The van der Waals surface area contributed by atoms with Crippen LogP contribution in [-0.2, 0) is 19.6 Å². The van der Waals surface area contributed by atoms with Gasteiger partial charge in [-0.2, -0.15) is 0 Å². The Morgan fingerprint density at radius 2 is 1.96 bits per heavy atom. The van der Waals surface area contributed by atoms with E-state index in [1.165, 1.54) is 37.1 Å². The zero-order chi connectivity index (χ0) is 19.6. The molecule has 0 radical (unpaired) electrons. The summed E-state index contributed by atoms with van der Waals surface area (Å²) in [7, 11) is 0. The molecule has 0 saturated carbocycles. The van der Waals surface area contributed by atoms with Gasteiger partial charge in [-0.05, 0) is 55.5 Å². The number of aliphatic imine (C=N–C) groups is 1. The molecule has 3 rings (SSSR count). The molecule has 5 heteroatoms. The molecule has 5 nitrogen and oxygen atoms in total. The van der Waals surface area contributed by atoms with Crippen molar-refractivity contribution in [2.24, 2.45) is 10.9 Å². The molecule has 150 valence electrons. The number of piperidine rings is 1. The van der Waals surface area contributed by atoms with E-state index >= 15 is 0 Å². The normalized spacial score (nSPS) is 18.1. The summed E-state index contributed by atoms with van der Waals surface area (Å²) in [6.07, 6.45) is 4.48. The number of aromatic nitrogens is 1. The lowest BCUT2D eigenvalue weighted by Crippen LogP contribution is -2.37. The summed E-state index contributed by atoms with van der Waals surface area (Å²) in [5.41, 5.74) is 3.70. The summed E-state index contributed by atoms with van der Waals surface area (Å²) in [5, 5.41) is 6.71. The number of benzene rings is 1. The minimum atomic E-state index is 0.667. The lowest BCUT2D eigenvalue weighted by atomic mass is 9.99. The van der Waals surface area contributed by atoms with Gasteiger partial charge in [0.05, 0.1) is 18.8 Å². The van der Waals surface area contributed by atoms with E-state index in [2.05, 4.69) is 58.6 Å². The van der Waals surface area contributed by atoms with Crippen LogP contribution in [0.3, 0.4) is 0 Å². The third-order valence-electron chi connectivity index (χ3n) is 5.17. The highest BCUT2D eigenvalue weighted by Gasteiger charge is 2.17. The standard InChI is InChI=1S/C23H33N5/c1-3-24-23(27-16-22-12-6-7-13-25-22)26-15-20-10-4-5-11-21(20)18-28-14-8-9-19(2)17-28/h4-7,10-13,19H,3,8-9,14-18H2,1-2H3,(H2,24,26,27). The SMILES string of the molecule is CCNC(=NCc1ccccc1CN1CCCC(C)C1)NCc1ccccn1. The first kappa shape index (κ1) is 20.3. The van der Waals surface area contributed by atoms with Crippen LogP contribution >= 0.6 is 0 Å². The Bertz CT molecular complexity index is 744. The molecular weight excluding hydrogens is 346 g/mol. The zero-order valence-electron chi connectivity index (χ0n) is 17.2. The maximum atomic E-state index is 4.82. The van der Waals surface area contributed by atoms with Gasteiger partial charge in [0.15, 0.2) is 5.96 Å². The third kappa shape index (κ3) is 6.34. The van der Waals surface area contributed by atoms with E-state index in [0.29, 0.717) is 13.1 Å². The van der Waals surface area contributed by atoms with Gasteiger partial charge in [0.1, 0.15) is 0 Å². The molecule has 0 spiro atoms. The molecule has 1 aromatic heterocycles. The minimum absolute atomic E-state index is 0.667. The number of hydrogen-bond donors (Lipinski definition) is 2. The van der Waals surface area contributed by atoms with Gasteiger partial charge in [-0.3, -0.25) is 9.88 Å². The predicted octanol–water partition coefficient (Wildman–Crippen LogP) is 3.57. The minimum Gasteiger partial charge on any atom is -0.357 e. The van der Waals surface area contributed by atoms with Crippen LogP contribution in [0.25, 0.3) is 0 Å². The van der Waals surface area contributed by atoms with Crippen LogP contribution in [-0.4, -0.2) is 35.5 Å². The van der Waals surface area contributed by atoms with Crippen molar-refractivity contribution in [3.05, 3.63) is 65.5 Å². The molecule has 1 unspecified atom stereocenters. The quantitative estimate of drug-likeness (QED) is 0.570. The third-order valence-corrected chi connectivity index (χ3v) is 5.17. The number of hydrogen-bond acceptors (Lipinski definition) is 3. The number of nitrogens with zero attached hydrogens (tertiary/aromatic N) is 3. The number of pyridine rings is 1. The van der Waals surface area contributed by atoms with Crippen LogP contribution in [0.1, 0.15) is 43.5 Å². The van der Waals surface area contributed by atoms with Gasteiger partial charge in [0.25, 0.3) is 0 Å². The second-order valence-corrected chi connectivity index (χ2v) is 7.62. The lowest BCUT2D eigenvalue weighted by molar-refractivity contribution is 0.176. The van der Waals surface area contributed by atoms with Crippen LogP contribution in [0.2, 0.25) is 0 Å². The van der Waals surface area contributed by atoms with Crippen LogP contribution in [0.4, 0.5) is 0 Å². The molecular formula is C23H33N5. The summed E-state index contributed by atoms with van der Waals surface area (Å²) in [6.45, 7) is 10.1. The smallest absolute Gasteiger partial charge is 0.191 e. The largest absolute Gasteiger partial charge is 0.357 e. The van der Waals surface area contributed by atoms with E-state index in [0.717, 1.165) is 30.7 Å². The van der Waals surface area contributed by atoms with Gasteiger partial charge < -0.3 is 10.6 Å². The van der Waals surface area contributed by atoms with Gasteiger partial charge in [-0.1, -0.05) is 37.3 Å². The first-order valence-electron chi connectivity index (χ1n) is 10.5. The van der Waals surface area contributed by atoms with Crippen molar-refractivity contribution >= 4 is 5.96 Å². The molecule has 1 aliphatic heterocycles. The fraction of sp³-hybridized carbons (Fsp3) is 0.478. The molecule has 0 bridgehead atoms. The number of guanidine groups is 1. The van der Waals surface area contributed by atoms with Crippen molar-refractivity contribution in [2.75, 3.05) is 19.6 Å². The van der Waals surface area contributed by atoms with Crippen molar-refractivity contribution in [2.45, 2.75) is 46.3 Å². The molecule has 2 N–H and O–H groups in total. The Labute approximate surface area is 169 Å². The summed E-state index contributed by atoms with van der Waals surface area (Å²) < 4.78 is 0.